The van der Waals surface area contributed by atoms with Gasteiger partial charge in [0.15, 0.2) is 0 Å². The second-order valence-electron chi connectivity index (χ2n) is 3.19. The van der Waals surface area contributed by atoms with Crippen molar-refractivity contribution in [2.75, 3.05) is 6.61 Å². The summed E-state index contributed by atoms with van der Waals surface area (Å²) in [6.07, 6.45) is 1.76. The van der Waals surface area contributed by atoms with Gasteiger partial charge in [-0.05, 0) is 26.0 Å². The summed E-state index contributed by atoms with van der Waals surface area (Å²) in [5.41, 5.74) is 0. The minimum absolute atomic E-state index is 0.144. The molecule has 0 fully saturated rings. The molecule has 2 nitrogen and oxygen atoms in total. The summed E-state index contributed by atoms with van der Waals surface area (Å²) in [5.74, 6) is 0. The van der Waals surface area contributed by atoms with Gasteiger partial charge in [0, 0.05) is 10.9 Å². The van der Waals surface area contributed by atoms with Gasteiger partial charge in [0.2, 0.25) is 0 Å². The van der Waals surface area contributed by atoms with Gasteiger partial charge in [0.25, 0.3) is 0 Å². The molecule has 0 amide bonds. The summed E-state index contributed by atoms with van der Waals surface area (Å²) >= 11 is 1.58. The van der Waals surface area contributed by atoms with E-state index in [1.54, 1.807) is 18.0 Å². The molecule has 0 bridgehead atoms. The Kier molecular flexibility index (Phi) is 3.12. The predicted octanol–water partition coefficient (Wildman–Crippen LogP) is 1.94. The van der Waals surface area contributed by atoms with Gasteiger partial charge < -0.3 is 5.11 Å². The van der Waals surface area contributed by atoms with Crippen LogP contribution in [0.4, 0.5) is 0 Å². The van der Waals surface area contributed by atoms with E-state index in [9.17, 15) is 0 Å². The lowest BCUT2D eigenvalue weighted by Gasteiger charge is -2.19. The molecule has 12 heavy (non-hydrogen) atoms. The third kappa shape index (κ3) is 2.83. The Morgan fingerprint density at radius 1 is 1.50 bits per heavy atom. The second-order valence-corrected chi connectivity index (χ2v) is 4.92. The Balaban J connectivity index is 2.64. The van der Waals surface area contributed by atoms with Gasteiger partial charge in [-0.3, -0.25) is 0 Å². The van der Waals surface area contributed by atoms with Gasteiger partial charge in [-0.25, -0.2) is 4.98 Å². The molecule has 1 aromatic heterocycles. The van der Waals surface area contributed by atoms with Crippen molar-refractivity contribution in [2.45, 2.75) is 23.6 Å². The normalized spacial score (nSPS) is 11.6. The fraction of sp³-hybridized carbons (Fsp3) is 0.444. The average molecular weight is 183 g/mol. The molecule has 3 heteroatoms. The molecule has 66 valence electrons. The van der Waals surface area contributed by atoms with Gasteiger partial charge in [-0.15, -0.1) is 0 Å². The molecule has 1 rings (SSSR count). The molecule has 0 saturated heterocycles. The fourth-order valence-corrected chi connectivity index (χ4v) is 1.61. The van der Waals surface area contributed by atoms with Crippen LogP contribution in [0.5, 0.6) is 0 Å². The SMILES string of the molecule is CC(C)(CO)Sc1ccccn1. The Labute approximate surface area is 77.0 Å². The van der Waals surface area contributed by atoms with E-state index in [1.807, 2.05) is 32.0 Å². The van der Waals surface area contributed by atoms with E-state index in [0.717, 1.165) is 5.03 Å². The first-order valence-corrected chi connectivity index (χ1v) is 4.67. The first-order valence-electron chi connectivity index (χ1n) is 3.85. The zero-order chi connectivity index (χ0) is 9.03. The Hall–Kier alpha value is -0.540. The number of aromatic nitrogens is 1. The van der Waals surface area contributed by atoms with Crippen molar-refractivity contribution in [3.8, 4) is 0 Å². The van der Waals surface area contributed by atoms with Gasteiger partial charge in [0.1, 0.15) is 0 Å². The lowest BCUT2D eigenvalue weighted by atomic mass is 10.2. The fourth-order valence-electron chi connectivity index (χ4n) is 0.723. The van der Waals surface area contributed by atoms with Crippen molar-refractivity contribution in [3.05, 3.63) is 24.4 Å². The molecule has 1 N–H and O–H groups in total. The Morgan fingerprint density at radius 2 is 2.25 bits per heavy atom. The van der Waals surface area contributed by atoms with E-state index in [4.69, 9.17) is 5.11 Å². The molecule has 0 aliphatic carbocycles. The van der Waals surface area contributed by atoms with Crippen molar-refractivity contribution >= 4 is 11.8 Å². The van der Waals surface area contributed by atoms with Gasteiger partial charge in [0.05, 0.1) is 11.6 Å². The monoisotopic (exact) mass is 183 g/mol. The smallest absolute Gasteiger partial charge is 0.0965 e. The third-order valence-corrected chi connectivity index (χ3v) is 2.53. The van der Waals surface area contributed by atoms with Crippen LogP contribution in [0.1, 0.15) is 13.8 Å². The number of aliphatic hydroxyl groups excluding tert-OH is 1. The number of hydrogen-bond acceptors (Lipinski definition) is 3. The van der Waals surface area contributed by atoms with Crippen molar-refractivity contribution in [3.63, 3.8) is 0 Å². The number of pyridine rings is 1. The van der Waals surface area contributed by atoms with Crippen molar-refractivity contribution in [1.82, 2.24) is 4.98 Å². The first-order chi connectivity index (χ1) is 5.64. The summed E-state index contributed by atoms with van der Waals surface area (Å²) in [4.78, 5) is 4.16. The number of rotatable bonds is 3. The predicted molar refractivity (Wildman–Crippen MR) is 51.3 cm³/mol. The summed E-state index contributed by atoms with van der Waals surface area (Å²) in [5, 5.41) is 9.96. The molecule has 1 aromatic rings. The van der Waals surface area contributed by atoms with Crippen LogP contribution in [-0.2, 0) is 0 Å². The highest BCUT2D eigenvalue weighted by Gasteiger charge is 2.18. The van der Waals surface area contributed by atoms with Gasteiger partial charge >= 0.3 is 0 Å². The second kappa shape index (κ2) is 3.92. The molecule has 0 spiro atoms. The zero-order valence-corrected chi connectivity index (χ0v) is 8.14. The summed E-state index contributed by atoms with van der Waals surface area (Å²) in [6, 6.07) is 5.78. The van der Waals surface area contributed by atoms with Crippen LogP contribution >= 0.6 is 11.8 Å². The largest absolute Gasteiger partial charge is 0.395 e. The van der Waals surface area contributed by atoms with Gasteiger partial charge in [-0.1, -0.05) is 17.8 Å². The number of thioether (sulfide) groups is 1. The standard InChI is InChI=1S/C9H13NOS/c1-9(2,7-11)12-8-5-3-4-6-10-8/h3-6,11H,7H2,1-2H3. The third-order valence-electron chi connectivity index (χ3n) is 1.40. The Morgan fingerprint density at radius 3 is 2.75 bits per heavy atom. The number of hydrogen-bond donors (Lipinski definition) is 1. The van der Waals surface area contributed by atoms with Crippen molar-refractivity contribution in [2.24, 2.45) is 0 Å². The quantitative estimate of drug-likeness (QED) is 0.727. The molecule has 0 atom stereocenters. The van der Waals surface area contributed by atoms with E-state index in [2.05, 4.69) is 4.98 Å². The Bertz CT molecular complexity index is 236. The summed E-state index contributed by atoms with van der Waals surface area (Å²) in [6.45, 7) is 4.15. The van der Waals surface area contributed by atoms with E-state index in [-0.39, 0.29) is 11.4 Å². The van der Waals surface area contributed by atoms with E-state index < -0.39 is 0 Å². The molecular formula is C9H13NOS. The minimum Gasteiger partial charge on any atom is -0.395 e. The zero-order valence-electron chi connectivity index (χ0n) is 7.32. The molecule has 0 saturated carbocycles. The van der Waals surface area contributed by atoms with Crippen LogP contribution in [0.15, 0.2) is 29.4 Å². The summed E-state index contributed by atoms with van der Waals surface area (Å²) in [7, 11) is 0. The van der Waals surface area contributed by atoms with Crippen LogP contribution in [-0.4, -0.2) is 21.4 Å². The number of aliphatic hydroxyl groups is 1. The van der Waals surface area contributed by atoms with Gasteiger partial charge in [-0.2, -0.15) is 0 Å². The maximum Gasteiger partial charge on any atom is 0.0965 e. The maximum atomic E-state index is 9.01. The molecular weight excluding hydrogens is 170 g/mol. The van der Waals surface area contributed by atoms with Crippen LogP contribution in [0, 0.1) is 0 Å². The van der Waals surface area contributed by atoms with E-state index in [0.29, 0.717) is 0 Å². The lowest BCUT2D eigenvalue weighted by molar-refractivity contribution is 0.265. The molecule has 0 aromatic carbocycles. The van der Waals surface area contributed by atoms with Crippen LogP contribution in [0.25, 0.3) is 0 Å². The lowest BCUT2D eigenvalue weighted by Crippen LogP contribution is -2.19. The maximum absolute atomic E-state index is 9.01. The highest BCUT2D eigenvalue weighted by molar-refractivity contribution is 8.00. The van der Waals surface area contributed by atoms with Crippen LogP contribution in [0.3, 0.4) is 0 Å². The average Bonchev–Trinajstić information content (AvgIpc) is 2.06. The molecule has 0 unspecified atom stereocenters. The van der Waals surface area contributed by atoms with E-state index >= 15 is 0 Å². The topological polar surface area (TPSA) is 33.1 Å². The molecule has 0 radical (unpaired) electrons. The van der Waals surface area contributed by atoms with Crippen LogP contribution < -0.4 is 0 Å². The van der Waals surface area contributed by atoms with Crippen molar-refractivity contribution in [1.29, 1.82) is 0 Å². The highest BCUT2D eigenvalue weighted by atomic mass is 32.2. The highest BCUT2D eigenvalue weighted by Crippen LogP contribution is 2.29. The molecule has 1 heterocycles. The number of nitrogens with zero attached hydrogens (tertiary/aromatic N) is 1. The van der Waals surface area contributed by atoms with E-state index in [1.165, 1.54) is 0 Å². The summed E-state index contributed by atoms with van der Waals surface area (Å²) < 4.78 is -0.144. The first kappa shape index (κ1) is 9.55. The van der Waals surface area contributed by atoms with Crippen LogP contribution in [0.2, 0.25) is 0 Å². The van der Waals surface area contributed by atoms with Crippen molar-refractivity contribution < 1.29 is 5.11 Å². The molecule has 0 aliphatic rings. The minimum atomic E-state index is -0.144. The molecule has 0 aliphatic heterocycles.